The van der Waals surface area contributed by atoms with Gasteiger partial charge in [-0.3, -0.25) is 4.79 Å². The average Bonchev–Trinajstić information content (AvgIpc) is 2.49. The Hall–Kier alpha value is -1.77. The molecule has 0 aromatic heterocycles. The molecule has 0 aliphatic carbocycles. The molecule has 0 spiro atoms. The fourth-order valence-electron chi connectivity index (χ4n) is 1.52. The van der Waals surface area contributed by atoms with E-state index in [2.05, 4.69) is 6.08 Å². The van der Waals surface area contributed by atoms with Crippen LogP contribution in [-0.4, -0.2) is 19.0 Å². The molecule has 1 aromatic carbocycles. The second-order valence-corrected chi connectivity index (χ2v) is 3.67. The lowest BCUT2D eigenvalue weighted by Gasteiger charge is -2.07. The number of Topliss-reactive ketones (excluding diaryl/α,β-unsaturated/α-hetero) is 1. The van der Waals surface area contributed by atoms with Gasteiger partial charge < -0.3 is 9.47 Å². The third-order valence-corrected chi connectivity index (χ3v) is 2.37. The van der Waals surface area contributed by atoms with Gasteiger partial charge in [0.25, 0.3) is 0 Å². The van der Waals surface area contributed by atoms with Gasteiger partial charge >= 0.3 is 0 Å². The van der Waals surface area contributed by atoms with Gasteiger partial charge in [0.05, 0.1) is 0 Å². The van der Waals surface area contributed by atoms with Crippen molar-refractivity contribution in [2.75, 3.05) is 13.2 Å². The maximum Gasteiger partial charge on any atom is 0.207 e. The van der Waals surface area contributed by atoms with Crippen molar-refractivity contribution in [2.24, 2.45) is 0 Å². The molecule has 0 fully saturated rings. The molecule has 0 amide bonds. The van der Waals surface area contributed by atoms with Crippen molar-refractivity contribution in [1.29, 1.82) is 0 Å². The lowest BCUT2D eigenvalue weighted by molar-refractivity contribution is -0.122. The summed E-state index contributed by atoms with van der Waals surface area (Å²) in [6.45, 7) is 2.18. The van der Waals surface area contributed by atoms with E-state index in [0.717, 1.165) is 12.0 Å². The number of carbonyl (C=O) groups excluding carboxylic acids is 1. The van der Waals surface area contributed by atoms with Crippen LogP contribution in [0.5, 0.6) is 11.5 Å². The van der Waals surface area contributed by atoms with Crippen molar-refractivity contribution in [1.82, 2.24) is 0 Å². The molecule has 0 radical (unpaired) electrons. The standard InChI is InChI=1S/C13H14O3/c1-2-3-4-10-5-6-12-13(7-10)16-9-11(14)8-15-12/h2-3,5-7H,4,8-9H2,1H3. The van der Waals surface area contributed by atoms with Crippen LogP contribution in [0.3, 0.4) is 0 Å². The zero-order valence-corrected chi connectivity index (χ0v) is 9.23. The molecule has 0 unspecified atom stereocenters. The molecule has 0 saturated heterocycles. The second-order valence-electron chi connectivity index (χ2n) is 3.67. The molecule has 0 bridgehead atoms. The normalized spacial score (nSPS) is 15.2. The fourth-order valence-corrected chi connectivity index (χ4v) is 1.52. The first kappa shape index (κ1) is 10.7. The van der Waals surface area contributed by atoms with Crippen molar-refractivity contribution in [2.45, 2.75) is 13.3 Å². The minimum Gasteiger partial charge on any atom is -0.482 e. The first-order valence-electron chi connectivity index (χ1n) is 5.31. The number of benzene rings is 1. The first-order chi connectivity index (χ1) is 7.79. The summed E-state index contributed by atoms with van der Waals surface area (Å²) in [6, 6.07) is 5.76. The molecule has 0 atom stereocenters. The predicted molar refractivity (Wildman–Crippen MR) is 61.0 cm³/mol. The SMILES string of the molecule is CC=CCc1ccc2c(c1)OCC(=O)CO2. The number of allylic oxidation sites excluding steroid dienone is 2. The molecule has 1 aromatic rings. The Labute approximate surface area is 94.7 Å². The van der Waals surface area contributed by atoms with E-state index in [1.165, 1.54) is 0 Å². The largest absolute Gasteiger partial charge is 0.482 e. The molecule has 3 heteroatoms. The second kappa shape index (κ2) is 4.84. The number of rotatable bonds is 2. The Kier molecular flexibility index (Phi) is 3.25. The summed E-state index contributed by atoms with van der Waals surface area (Å²) in [5.74, 6) is 1.27. The van der Waals surface area contributed by atoms with Gasteiger partial charge in [0.15, 0.2) is 24.7 Å². The molecule has 1 aliphatic rings. The molecule has 1 heterocycles. The van der Waals surface area contributed by atoms with Crippen molar-refractivity contribution in [3.63, 3.8) is 0 Å². The first-order valence-corrected chi connectivity index (χ1v) is 5.31. The van der Waals surface area contributed by atoms with Gasteiger partial charge in [-0.25, -0.2) is 0 Å². The topological polar surface area (TPSA) is 35.5 Å². The van der Waals surface area contributed by atoms with E-state index in [9.17, 15) is 4.79 Å². The van der Waals surface area contributed by atoms with Crippen LogP contribution in [0.1, 0.15) is 12.5 Å². The zero-order chi connectivity index (χ0) is 11.4. The van der Waals surface area contributed by atoms with Gasteiger partial charge in [0, 0.05) is 0 Å². The highest BCUT2D eigenvalue weighted by Crippen LogP contribution is 2.30. The Morgan fingerprint density at radius 1 is 1.25 bits per heavy atom. The van der Waals surface area contributed by atoms with Crippen LogP contribution in [-0.2, 0) is 11.2 Å². The van der Waals surface area contributed by atoms with Crippen LogP contribution in [0.25, 0.3) is 0 Å². The minimum atomic E-state index is -0.0359. The van der Waals surface area contributed by atoms with E-state index in [4.69, 9.17) is 9.47 Å². The summed E-state index contributed by atoms with van der Waals surface area (Å²) in [6.07, 6.45) is 4.94. The zero-order valence-electron chi connectivity index (χ0n) is 9.23. The molecule has 2 rings (SSSR count). The van der Waals surface area contributed by atoms with E-state index < -0.39 is 0 Å². The molecule has 0 saturated carbocycles. The summed E-state index contributed by atoms with van der Waals surface area (Å²) in [7, 11) is 0. The third kappa shape index (κ3) is 2.42. The van der Waals surface area contributed by atoms with Crippen molar-refractivity contribution >= 4 is 5.78 Å². The van der Waals surface area contributed by atoms with Crippen LogP contribution < -0.4 is 9.47 Å². The lowest BCUT2D eigenvalue weighted by atomic mass is 10.1. The van der Waals surface area contributed by atoms with Crippen molar-refractivity contribution in [3.05, 3.63) is 35.9 Å². The number of hydrogen-bond donors (Lipinski definition) is 0. The predicted octanol–water partition coefficient (Wildman–Crippen LogP) is 2.15. The molecular weight excluding hydrogens is 204 g/mol. The summed E-state index contributed by atoms with van der Waals surface area (Å²) < 4.78 is 10.7. The quantitative estimate of drug-likeness (QED) is 0.713. The monoisotopic (exact) mass is 218 g/mol. The van der Waals surface area contributed by atoms with Crippen molar-refractivity contribution < 1.29 is 14.3 Å². The van der Waals surface area contributed by atoms with Gasteiger partial charge in [-0.05, 0) is 31.0 Å². The summed E-state index contributed by atoms with van der Waals surface area (Å²) in [4.78, 5) is 11.1. The molecular formula is C13H14O3. The summed E-state index contributed by atoms with van der Waals surface area (Å²) in [5, 5.41) is 0. The third-order valence-electron chi connectivity index (χ3n) is 2.37. The van der Waals surface area contributed by atoms with Gasteiger partial charge in [-0.2, -0.15) is 0 Å². The smallest absolute Gasteiger partial charge is 0.207 e. The van der Waals surface area contributed by atoms with E-state index in [1.807, 2.05) is 31.2 Å². The highest BCUT2D eigenvalue weighted by atomic mass is 16.5. The Balaban J connectivity index is 2.21. The number of hydrogen-bond acceptors (Lipinski definition) is 3. The molecule has 16 heavy (non-hydrogen) atoms. The number of carbonyl (C=O) groups is 1. The fraction of sp³-hybridized carbons (Fsp3) is 0.308. The van der Waals surface area contributed by atoms with Crippen LogP contribution in [0.2, 0.25) is 0 Å². The average molecular weight is 218 g/mol. The van der Waals surface area contributed by atoms with Crippen LogP contribution in [0.4, 0.5) is 0 Å². The van der Waals surface area contributed by atoms with Gasteiger partial charge in [0.1, 0.15) is 0 Å². The molecule has 84 valence electrons. The Morgan fingerprint density at radius 3 is 2.75 bits per heavy atom. The van der Waals surface area contributed by atoms with Crippen LogP contribution in [0, 0.1) is 0 Å². The maximum atomic E-state index is 11.1. The van der Waals surface area contributed by atoms with Crippen molar-refractivity contribution in [3.8, 4) is 11.5 Å². The van der Waals surface area contributed by atoms with Crippen LogP contribution in [0.15, 0.2) is 30.4 Å². The highest BCUT2D eigenvalue weighted by Gasteiger charge is 2.14. The minimum absolute atomic E-state index is 0.0359. The maximum absolute atomic E-state index is 11.1. The number of ether oxygens (including phenoxy) is 2. The van der Waals surface area contributed by atoms with Crippen LogP contribution >= 0.6 is 0 Å². The summed E-state index contributed by atoms with van der Waals surface area (Å²) in [5.41, 5.74) is 1.15. The van der Waals surface area contributed by atoms with Gasteiger partial charge in [0.2, 0.25) is 5.78 Å². The Bertz CT molecular complexity index is 421. The van der Waals surface area contributed by atoms with E-state index in [-0.39, 0.29) is 19.0 Å². The van der Waals surface area contributed by atoms with E-state index >= 15 is 0 Å². The molecule has 0 N–H and O–H groups in total. The van der Waals surface area contributed by atoms with E-state index in [1.54, 1.807) is 0 Å². The highest BCUT2D eigenvalue weighted by molar-refractivity contribution is 5.82. The van der Waals surface area contributed by atoms with Gasteiger partial charge in [-0.1, -0.05) is 18.2 Å². The molecule has 3 nitrogen and oxygen atoms in total. The lowest BCUT2D eigenvalue weighted by Crippen LogP contribution is -2.15. The Morgan fingerprint density at radius 2 is 2.00 bits per heavy atom. The van der Waals surface area contributed by atoms with Gasteiger partial charge in [-0.15, -0.1) is 0 Å². The van der Waals surface area contributed by atoms with E-state index in [0.29, 0.717) is 11.5 Å². The number of fused-ring (bicyclic) bond motifs is 1. The molecule has 1 aliphatic heterocycles. The summed E-state index contributed by atoms with van der Waals surface area (Å²) >= 11 is 0. The number of ketones is 1.